The van der Waals surface area contributed by atoms with Crippen LogP contribution in [0.1, 0.15) is 48.0 Å². The van der Waals surface area contributed by atoms with Crippen LogP contribution in [0.25, 0.3) is 0 Å². The number of hydrogen-bond acceptors (Lipinski definition) is 3. The predicted molar refractivity (Wildman–Crippen MR) is 80.7 cm³/mol. The first-order valence-electron chi connectivity index (χ1n) is 7.29. The van der Waals surface area contributed by atoms with Crippen molar-refractivity contribution in [1.82, 2.24) is 4.31 Å². The second kappa shape index (κ2) is 7.04. The fourth-order valence-corrected chi connectivity index (χ4v) is 4.19. The first kappa shape index (κ1) is 16.0. The van der Waals surface area contributed by atoms with Crippen molar-refractivity contribution < 1.29 is 18.3 Å². The number of aromatic carboxylic acids is 1. The van der Waals surface area contributed by atoms with Gasteiger partial charge in [-0.25, -0.2) is 17.5 Å². The zero-order chi connectivity index (χ0) is 15.3. The van der Waals surface area contributed by atoms with Gasteiger partial charge in [0.15, 0.2) is 0 Å². The highest BCUT2D eigenvalue weighted by Gasteiger charge is 2.23. The summed E-state index contributed by atoms with van der Waals surface area (Å²) in [7, 11) is -3.38. The molecule has 1 aliphatic heterocycles. The smallest absolute Gasteiger partial charge is 0.335 e. The normalized spacial score (nSPS) is 17.9. The first-order valence-corrected chi connectivity index (χ1v) is 8.90. The van der Waals surface area contributed by atoms with Crippen LogP contribution in [0.15, 0.2) is 24.3 Å². The van der Waals surface area contributed by atoms with Gasteiger partial charge in [-0.1, -0.05) is 31.4 Å². The fraction of sp³-hybridized carbons (Fsp3) is 0.533. The van der Waals surface area contributed by atoms with Crippen LogP contribution in [0, 0.1) is 0 Å². The van der Waals surface area contributed by atoms with Gasteiger partial charge in [-0.15, -0.1) is 0 Å². The number of carboxylic acid groups (broad SMARTS) is 1. The number of carboxylic acids is 1. The Morgan fingerprint density at radius 1 is 1.10 bits per heavy atom. The van der Waals surface area contributed by atoms with Gasteiger partial charge in [0, 0.05) is 13.1 Å². The summed E-state index contributed by atoms with van der Waals surface area (Å²) in [6.45, 7) is 1.14. The van der Waals surface area contributed by atoms with Gasteiger partial charge >= 0.3 is 5.97 Å². The SMILES string of the molecule is O=C(O)c1cccc(CS(=O)(=O)N2CCCCCCC2)c1. The average molecular weight is 311 g/mol. The van der Waals surface area contributed by atoms with E-state index in [4.69, 9.17) is 5.11 Å². The Hall–Kier alpha value is -1.40. The molecule has 21 heavy (non-hydrogen) atoms. The lowest BCUT2D eigenvalue weighted by Gasteiger charge is -2.24. The maximum atomic E-state index is 12.5. The van der Waals surface area contributed by atoms with Crippen LogP contribution < -0.4 is 0 Å². The fourth-order valence-electron chi connectivity index (χ4n) is 2.59. The van der Waals surface area contributed by atoms with Gasteiger partial charge in [-0.2, -0.15) is 0 Å². The quantitative estimate of drug-likeness (QED) is 0.927. The molecular formula is C15H21NO4S. The molecule has 1 heterocycles. The lowest BCUT2D eigenvalue weighted by atomic mass is 10.1. The van der Waals surface area contributed by atoms with E-state index in [0.29, 0.717) is 18.7 Å². The van der Waals surface area contributed by atoms with Gasteiger partial charge in [-0.05, 0) is 30.5 Å². The second-order valence-electron chi connectivity index (χ2n) is 5.43. The highest BCUT2D eigenvalue weighted by atomic mass is 32.2. The van der Waals surface area contributed by atoms with Crippen molar-refractivity contribution in [2.75, 3.05) is 13.1 Å². The molecule has 6 heteroatoms. The van der Waals surface area contributed by atoms with Gasteiger partial charge in [-0.3, -0.25) is 0 Å². The molecule has 0 spiro atoms. The minimum Gasteiger partial charge on any atom is -0.478 e. The molecule has 0 bridgehead atoms. The van der Waals surface area contributed by atoms with Gasteiger partial charge in [0.2, 0.25) is 10.0 Å². The summed E-state index contributed by atoms with van der Waals surface area (Å²) in [4.78, 5) is 10.9. The van der Waals surface area contributed by atoms with Gasteiger partial charge < -0.3 is 5.11 Å². The molecule has 0 saturated carbocycles. The maximum Gasteiger partial charge on any atom is 0.335 e. The molecule has 0 amide bonds. The Morgan fingerprint density at radius 3 is 2.33 bits per heavy atom. The molecule has 0 unspecified atom stereocenters. The molecule has 0 atom stereocenters. The molecular weight excluding hydrogens is 290 g/mol. The van der Waals surface area contributed by atoms with E-state index in [9.17, 15) is 13.2 Å². The van der Waals surface area contributed by atoms with Crippen LogP contribution in [0.4, 0.5) is 0 Å². The van der Waals surface area contributed by atoms with Crippen LogP contribution in [0.3, 0.4) is 0 Å². The molecule has 1 aliphatic rings. The van der Waals surface area contributed by atoms with E-state index in [1.54, 1.807) is 16.4 Å². The summed E-state index contributed by atoms with van der Waals surface area (Å²) in [5.74, 6) is -1.17. The van der Waals surface area contributed by atoms with Gasteiger partial charge in [0.25, 0.3) is 0 Å². The average Bonchev–Trinajstić information content (AvgIpc) is 2.37. The Morgan fingerprint density at radius 2 is 1.71 bits per heavy atom. The van der Waals surface area contributed by atoms with Crippen molar-refractivity contribution in [3.63, 3.8) is 0 Å². The number of sulfonamides is 1. The van der Waals surface area contributed by atoms with Gasteiger partial charge in [0.05, 0.1) is 11.3 Å². The number of hydrogen-bond donors (Lipinski definition) is 1. The second-order valence-corrected chi connectivity index (χ2v) is 7.40. The first-order chi connectivity index (χ1) is 9.99. The standard InChI is InChI=1S/C15H21NO4S/c17-15(18)14-8-6-7-13(11-14)12-21(19,20)16-9-4-2-1-3-5-10-16/h6-8,11H,1-5,9-10,12H2,(H,17,18). The minimum atomic E-state index is -3.38. The molecule has 1 aromatic carbocycles. The zero-order valence-electron chi connectivity index (χ0n) is 12.0. The summed E-state index contributed by atoms with van der Waals surface area (Å²) in [6.07, 6.45) is 5.11. The number of benzene rings is 1. The number of rotatable bonds is 4. The predicted octanol–water partition coefficient (Wildman–Crippen LogP) is 2.48. The molecule has 1 fully saturated rings. The van der Waals surface area contributed by atoms with Crippen molar-refractivity contribution >= 4 is 16.0 Å². The number of nitrogens with zero attached hydrogens (tertiary/aromatic N) is 1. The van der Waals surface area contributed by atoms with Crippen molar-refractivity contribution in [3.05, 3.63) is 35.4 Å². The van der Waals surface area contributed by atoms with E-state index in [1.807, 2.05) is 0 Å². The highest BCUT2D eigenvalue weighted by molar-refractivity contribution is 7.88. The third kappa shape index (κ3) is 4.54. The summed E-state index contributed by atoms with van der Waals surface area (Å²) in [5, 5.41) is 8.96. The van der Waals surface area contributed by atoms with Crippen molar-refractivity contribution in [2.24, 2.45) is 0 Å². The molecule has 1 aromatic rings. The monoisotopic (exact) mass is 311 g/mol. The Balaban J connectivity index is 2.12. The van der Waals surface area contributed by atoms with Crippen LogP contribution >= 0.6 is 0 Å². The third-order valence-corrected chi connectivity index (χ3v) is 5.58. The summed E-state index contributed by atoms with van der Waals surface area (Å²) >= 11 is 0. The van der Waals surface area contributed by atoms with Crippen molar-refractivity contribution in [2.45, 2.75) is 37.9 Å². The summed E-state index contributed by atoms with van der Waals surface area (Å²) in [6, 6.07) is 6.15. The third-order valence-electron chi connectivity index (χ3n) is 3.73. The van der Waals surface area contributed by atoms with E-state index in [1.165, 1.54) is 18.6 Å². The van der Waals surface area contributed by atoms with Crippen LogP contribution in [0.5, 0.6) is 0 Å². The molecule has 2 rings (SSSR count). The molecule has 0 radical (unpaired) electrons. The van der Waals surface area contributed by atoms with Crippen LogP contribution in [0.2, 0.25) is 0 Å². The maximum absolute atomic E-state index is 12.5. The summed E-state index contributed by atoms with van der Waals surface area (Å²) in [5.41, 5.74) is 0.646. The lowest BCUT2D eigenvalue weighted by molar-refractivity contribution is 0.0696. The Labute approximate surface area is 125 Å². The van der Waals surface area contributed by atoms with Crippen LogP contribution in [-0.2, 0) is 15.8 Å². The minimum absolute atomic E-state index is 0.121. The highest BCUT2D eigenvalue weighted by Crippen LogP contribution is 2.17. The molecule has 1 saturated heterocycles. The molecule has 0 aromatic heterocycles. The van der Waals surface area contributed by atoms with Crippen molar-refractivity contribution in [3.8, 4) is 0 Å². The van der Waals surface area contributed by atoms with Crippen LogP contribution in [-0.4, -0.2) is 36.9 Å². The topological polar surface area (TPSA) is 74.7 Å². The zero-order valence-corrected chi connectivity index (χ0v) is 12.8. The van der Waals surface area contributed by atoms with E-state index < -0.39 is 16.0 Å². The molecule has 5 nitrogen and oxygen atoms in total. The molecule has 1 N–H and O–H groups in total. The summed E-state index contributed by atoms with van der Waals surface area (Å²) < 4.78 is 26.5. The van der Waals surface area contributed by atoms with E-state index in [2.05, 4.69) is 0 Å². The van der Waals surface area contributed by atoms with E-state index in [0.717, 1.165) is 25.7 Å². The lowest BCUT2D eigenvalue weighted by Crippen LogP contribution is -2.34. The largest absolute Gasteiger partial charge is 0.478 e. The molecule has 116 valence electrons. The number of carbonyl (C=O) groups is 1. The Bertz CT molecular complexity index is 589. The van der Waals surface area contributed by atoms with Crippen molar-refractivity contribution in [1.29, 1.82) is 0 Å². The van der Waals surface area contributed by atoms with E-state index >= 15 is 0 Å². The van der Waals surface area contributed by atoms with E-state index in [-0.39, 0.29) is 11.3 Å². The van der Waals surface area contributed by atoms with Gasteiger partial charge in [0.1, 0.15) is 0 Å². The molecule has 0 aliphatic carbocycles. The Kier molecular flexibility index (Phi) is 5.36.